The summed E-state index contributed by atoms with van der Waals surface area (Å²) in [6.45, 7) is 0.605. The zero-order valence-electron chi connectivity index (χ0n) is 14.2. The number of anilines is 2. The maximum atomic E-state index is 6.02. The van der Waals surface area contributed by atoms with Gasteiger partial charge < -0.3 is 14.8 Å². The summed E-state index contributed by atoms with van der Waals surface area (Å²) in [4.78, 5) is 13.7. The third-order valence-corrected chi connectivity index (χ3v) is 4.79. The van der Waals surface area contributed by atoms with Crippen molar-refractivity contribution in [1.29, 1.82) is 0 Å². The molecule has 1 aliphatic heterocycles. The highest BCUT2D eigenvalue weighted by molar-refractivity contribution is 7.09. The van der Waals surface area contributed by atoms with Gasteiger partial charge in [-0.05, 0) is 41.5 Å². The quantitative estimate of drug-likeness (QED) is 0.733. The van der Waals surface area contributed by atoms with Crippen LogP contribution in [0.15, 0.2) is 65.5 Å². The Morgan fingerprint density at radius 2 is 2.11 bits per heavy atom. The van der Waals surface area contributed by atoms with E-state index in [4.69, 9.17) is 21.1 Å². The lowest BCUT2D eigenvalue weighted by molar-refractivity contribution is 0.233. The highest BCUT2D eigenvalue weighted by atomic mass is 35.5. The number of nitrogens with one attached hydrogen (secondary N) is 2. The van der Waals surface area contributed by atoms with E-state index in [1.54, 1.807) is 17.6 Å². The molecule has 0 radical (unpaired) electrons. The topological polar surface area (TPSA) is 81.2 Å². The fourth-order valence-electron chi connectivity index (χ4n) is 2.50. The minimum absolute atomic E-state index is 0.0781. The number of ether oxygens (including phenoxy) is 2. The highest BCUT2D eigenvalue weighted by Crippen LogP contribution is 2.26. The first-order chi connectivity index (χ1) is 13.3. The van der Waals surface area contributed by atoms with Crippen LogP contribution in [0.25, 0.3) is 0 Å². The maximum Gasteiger partial charge on any atom is 0.235 e. The maximum absolute atomic E-state index is 6.02. The molecule has 0 unspecified atom stereocenters. The second-order valence-electron chi connectivity index (χ2n) is 5.67. The smallest absolute Gasteiger partial charge is 0.235 e. The van der Waals surface area contributed by atoms with Crippen molar-refractivity contribution >= 4 is 34.8 Å². The molecule has 0 saturated carbocycles. The molecule has 138 valence electrons. The third kappa shape index (κ3) is 4.66. The summed E-state index contributed by atoms with van der Waals surface area (Å²) in [5, 5.41) is 8.19. The Bertz CT molecular complexity index is 937. The van der Waals surface area contributed by atoms with Gasteiger partial charge in [0.15, 0.2) is 12.0 Å². The van der Waals surface area contributed by atoms with Gasteiger partial charge in [-0.3, -0.25) is 5.32 Å². The fourth-order valence-corrected chi connectivity index (χ4v) is 3.31. The van der Waals surface area contributed by atoms with Gasteiger partial charge in [-0.25, -0.2) is 0 Å². The van der Waals surface area contributed by atoms with E-state index >= 15 is 0 Å². The lowest BCUT2D eigenvalue weighted by Gasteiger charge is -2.19. The van der Waals surface area contributed by atoms with E-state index in [1.807, 2.05) is 29.7 Å². The Hall–Kier alpha value is -2.84. The number of thiophene rings is 1. The summed E-state index contributed by atoms with van der Waals surface area (Å²) in [5.74, 6) is 1.66. The van der Waals surface area contributed by atoms with Crippen LogP contribution in [-0.2, 0) is 16.0 Å². The highest BCUT2D eigenvalue weighted by Gasteiger charge is 2.16. The van der Waals surface area contributed by atoms with Crippen molar-refractivity contribution in [3.05, 3.63) is 75.6 Å². The van der Waals surface area contributed by atoms with Crippen LogP contribution < -0.4 is 10.6 Å². The Labute approximate surface area is 165 Å². The van der Waals surface area contributed by atoms with Crippen LogP contribution >= 0.6 is 22.9 Å². The first-order valence-electron chi connectivity index (χ1n) is 8.31. The molecule has 9 heteroatoms. The first-order valence-corrected chi connectivity index (χ1v) is 9.56. The molecule has 2 aromatic heterocycles. The average molecular weight is 402 g/mol. The van der Waals surface area contributed by atoms with Crippen LogP contribution in [0.4, 0.5) is 11.9 Å². The van der Waals surface area contributed by atoms with E-state index in [0.29, 0.717) is 24.1 Å². The summed E-state index contributed by atoms with van der Waals surface area (Å²) >= 11 is 7.67. The number of nitrogens with zero attached hydrogens (tertiary/aromatic N) is 3. The molecule has 27 heavy (non-hydrogen) atoms. The van der Waals surface area contributed by atoms with Gasteiger partial charge in [0.05, 0.1) is 6.54 Å². The predicted molar refractivity (Wildman–Crippen MR) is 105 cm³/mol. The summed E-state index contributed by atoms with van der Waals surface area (Å²) < 4.78 is 11.2. The first kappa shape index (κ1) is 17.6. The number of hydrogen-bond acceptors (Lipinski definition) is 8. The average Bonchev–Trinajstić information content (AvgIpc) is 3.21. The molecule has 0 spiro atoms. The van der Waals surface area contributed by atoms with Crippen molar-refractivity contribution < 1.29 is 9.47 Å². The number of allylic oxidation sites excluding steroid dienone is 4. The molecular weight excluding hydrogens is 386 g/mol. The molecule has 0 aromatic carbocycles. The van der Waals surface area contributed by atoms with Gasteiger partial charge in [0, 0.05) is 4.88 Å². The van der Waals surface area contributed by atoms with Gasteiger partial charge >= 0.3 is 0 Å². The molecule has 0 atom stereocenters. The minimum Gasteiger partial charge on any atom is -0.463 e. The molecule has 2 aromatic rings. The van der Waals surface area contributed by atoms with Crippen molar-refractivity contribution in [3.8, 4) is 0 Å². The van der Waals surface area contributed by atoms with E-state index in [1.165, 1.54) is 6.26 Å². The Morgan fingerprint density at radius 3 is 2.93 bits per heavy atom. The van der Waals surface area contributed by atoms with Gasteiger partial charge in [0.2, 0.25) is 23.1 Å². The molecule has 3 heterocycles. The van der Waals surface area contributed by atoms with E-state index in [2.05, 4.69) is 31.7 Å². The van der Waals surface area contributed by atoms with Crippen molar-refractivity contribution in [2.45, 2.75) is 19.4 Å². The fraction of sp³-hybridized carbons (Fsp3) is 0.167. The molecule has 2 aliphatic rings. The minimum atomic E-state index is 0.0781. The van der Waals surface area contributed by atoms with Crippen molar-refractivity contribution in [2.75, 3.05) is 10.6 Å². The Morgan fingerprint density at radius 1 is 1.19 bits per heavy atom. The monoisotopic (exact) mass is 401 g/mol. The number of halogens is 1. The second kappa shape index (κ2) is 8.24. The molecule has 4 rings (SSSR count). The summed E-state index contributed by atoms with van der Waals surface area (Å²) in [5.41, 5.74) is 1.07. The molecule has 0 amide bonds. The van der Waals surface area contributed by atoms with Gasteiger partial charge in [-0.15, -0.1) is 11.3 Å². The van der Waals surface area contributed by atoms with Crippen LogP contribution in [0.2, 0.25) is 5.28 Å². The molecule has 7 nitrogen and oxygen atoms in total. The SMILES string of the molecule is Clc1nc(NCc2cccs2)nc(NC2=COC=C(C3=CC=CCC3)O2)n1. The van der Waals surface area contributed by atoms with Gasteiger partial charge in [0.25, 0.3) is 0 Å². The van der Waals surface area contributed by atoms with Crippen molar-refractivity contribution in [2.24, 2.45) is 0 Å². The molecule has 0 fully saturated rings. The van der Waals surface area contributed by atoms with E-state index < -0.39 is 0 Å². The van der Waals surface area contributed by atoms with Crippen LogP contribution in [0.5, 0.6) is 0 Å². The zero-order valence-corrected chi connectivity index (χ0v) is 15.8. The third-order valence-electron chi connectivity index (χ3n) is 3.74. The number of rotatable bonds is 6. The van der Waals surface area contributed by atoms with E-state index in [9.17, 15) is 0 Å². The normalized spacial score (nSPS) is 15.8. The summed E-state index contributed by atoms with van der Waals surface area (Å²) in [6, 6.07) is 4.02. The molecule has 2 N–H and O–H groups in total. The molecular formula is C18H16ClN5O2S. The number of hydrogen-bond donors (Lipinski definition) is 2. The van der Waals surface area contributed by atoms with Crippen LogP contribution in [0.3, 0.4) is 0 Å². The molecule has 1 aliphatic carbocycles. The van der Waals surface area contributed by atoms with Gasteiger partial charge in [-0.2, -0.15) is 15.0 Å². The molecule has 0 bridgehead atoms. The second-order valence-corrected chi connectivity index (χ2v) is 7.04. The predicted octanol–water partition coefficient (Wildman–Crippen LogP) is 4.57. The van der Waals surface area contributed by atoms with Crippen LogP contribution in [0.1, 0.15) is 17.7 Å². The lowest BCUT2D eigenvalue weighted by atomic mass is 10.0. The largest absolute Gasteiger partial charge is 0.463 e. The van der Waals surface area contributed by atoms with Crippen LogP contribution in [0, 0.1) is 0 Å². The molecule has 0 saturated heterocycles. The van der Waals surface area contributed by atoms with E-state index in [0.717, 1.165) is 23.3 Å². The van der Waals surface area contributed by atoms with Crippen molar-refractivity contribution in [1.82, 2.24) is 15.0 Å². The Balaban J connectivity index is 1.42. The van der Waals surface area contributed by atoms with Gasteiger partial charge in [0.1, 0.15) is 6.26 Å². The van der Waals surface area contributed by atoms with Crippen molar-refractivity contribution in [3.63, 3.8) is 0 Å². The van der Waals surface area contributed by atoms with Gasteiger partial charge in [-0.1, -0.05) is 24.3 Å². The lowest BCUT2D eigenvalue weighted by Crippen LogP contribution is -2.13. The van der Waals surface area contributed by atoms with Crippen LogP contribution in [-0.4, -0.2) is 15.0 Å². The standard InChI is InChI=1S/C18H16ClN5O2S/c19-16-22-17(20-9-13-7-4-8-27-13)24-18(23-16)21-15-11-25-10-14(26-15)12-5-2-1-3-6-12/h1-2,4-5,7-8,10-11H,3,6,9H2,(H2,20,21,22,23,24). The summed E-state index contributed by atoms with van der Waals surface area (Å²) in [7, 11) is 0. The number of aromatic nitrogens is 3. The van der Waals surface area contributed by atoms with E-state index in [-0.39, 0.29) is 11.2 Å². The Kier molecular flexibility index (Phi) is 5.36. The summed E-state index contributed by atoms with van der Waals surface area (Å²) in [6.07, 6.45) is 11.0. The zero-order chi connectivity index (χ0) is 18.5.